The zero-order valence-electron chi connectivity index (χ0n) is 14.9. The number of hydrogen-bond acceptors (Lipinski definition) is 6. The van der Waals surface area contributed by atoms with Crippen molar-refractivity contribution in [2.24, 2.45) is 16.8 Å². The number of benzene rings is 1. The lowest BCUT2D eigenvalue weighted by molar-refractivity contribution is -0.143. The molecule has 1 heterocycles. The van der Waals surface area contributed by atoms with Crippen molar-refractivity contribution in [3.8, 4) is 11.5 Å². The molecule has 6 nitrogen and oxygen atoms in total. The Kier molecular flexibility index (Phi) is 5.06. The molecule has 1 saturated carbocycles. The van der Waals surface area contributed by atoms with Crippen molar-refractivity contribution >= 4 is 17.4 Å². The van der Waals surface area contributed by atoms with E-state index in [1.807, 2.05) is 12.1 Å². The van der Waals surface area contributed by atoms with Crippen molar-refractivity contribution in [3.05, 3.63) is 23.3 Å². The van der Waals surface area contributed by atoms with Crippen molar-refractivity contribution in [1.29, 1.82) is 5.41 Å². The average molecular weight is 344 g/mol. The fourth-order valence-corrected chi connectivity index (χ4v) is 3.78. The van der Waals surface area contributed by atoms with Crippen LogP contribution in [0.4, 0.5) is 0 Å². The van der Waals surface area contributed by atoms with E-state index in [0.717, 1.165) is 36.4 Å². The summed E-state index contributed by atoms with van der Waals surface area (Å²) in [5, 5.41) is 8.07. The third kappa shape index (κ3) is 3.25. The van der Waals surface area contributed by atoms with Crippen molar-refractivity contribution < 1.29 is 19.0 Å². The van der Waals surface area contributed by atoms with Gasteiger partial charge in [0.1, 0.15) is 0 Å². The lowest BCUT2D eigenvalue weighted by Gasteiger charge is -2.31. The average Bonchev–Trinajstić information content (AvgIpc) is 2.66. The third-order valence-electron chi connectivity index (χ3n) is 5.12. The minimum absolute atomic E-state index is 0.148. The summed E-state index contributed by atoms with van der Waals surface area (Å²) in [6.45, 7) is 0.731. The molecule has 0 spiro atoms. The molecule has 1 aliphatic heterocycles. The molecule has 0 radical (unpaired) electrons. The van der Waals surface area contributed by atoms with Crippen LogP contribution in [-0.2, 0) is 16.0 Å². The van der Waals surface area contributed by atoms with Gasteiger partial charge >= 0.3 is 5.97 Å². The summed E-state index contributed by atoms with van der Waals surface area (Å²) in [5.41, 5.74) is 3.75. The van der Waals surface area contributed by atoms with Crippen LogP contribution in [0, 0.1) is 17.2 Å². The highest BCUT2D eigenvalue weighted by Gasteiger charge is 2.36. The minimum Gasteiger partial charge on any atom is -0.493 e. The molecular weight excluding hydrogens is 320 g/mol. The third-order valence-corrected chi connectivity index (χ3v) is 5.12. The van der Waals surface area contributed by atoms with Gasteiger partial charge in [0.25, 0.3) is 0 Å². The molecule has 2 aliphatic rings. The van der Waals surface area contributed by atoms with Gasteiger partial charge in [0, 0.05) is 29.4 Å². The lowest BCUT2D eigenvalue weighted by Crippen LogP contribution is -2.35. The molecule has 0 aromatic heterocycles. The molecular formula is C19H24N2O4. The molecule has 1 aliphatic carbocycles. The predicted molar refractivity (Wildman–Crippen MR) is 95.2 cm³/mol. The number of ether oxygens (including phenoxy) is 3. The van der Waals surface area contributed by atoms with E-state index in [-0.39, 0.29) is 11.9 Å². The second-order valence-electron chi connectivity index (χ2n) is 6.45. The Morgan fingerprint density at radius 3 is 2.56 bits per heavy atom. The normalized spacial score (nSPS) is 22.7. The molecule has 2 atom stereocenters. The maximum atomic E-state index is 12.0. The highest BCUT2D eigenvalue weighted by molar-refractivity contribution is 6.07. The van der Waals surface area contributed by atoms with E-state index in [1.165, 1.54) is 12.7 Å². The molecule has 0 amide bonds. The van der Waals surface area contributed by atoms with Crippen LogP contribution in [0.25, 0.3) is 0 Å². The lowest BCUT2D eigenvalue weighted by atomic mass is 9.75. The molecule has 134 valence electrons. The van der Waals surface area contributed by atoms with Crippen molar-refractivity contribution in [3.63, 3.8) is 0 Å². The molecule has 3 rings (SSSR count). The number of aliphatic imine (C=N–C) groups is 1. The van der Waals surface area contributed by atoms with E-state index in [2.05, 4.69) is 0 Å². The van der Waals surface area contributed by atoms with Gasteiger partial charge in [0.05, 0.1) is 27.2 Å². The van der Waals surface area contributed by atoms with E-state index < -0.39 is 5.92 Å². The number of carbonyl (C=O) groups is 1. The van der Waals surface area contributed by atoms with Crippen LogP contribution in [0.5, 0.6) is 11.5 Å². The number of esters is 1. The maximum absolute atomic E-state index is 12.0. The molecule has 1 aromatic carbocycles. The van der Waals surface area contributed by atoms with Crippen molar-refractivity contribution in [2.45, 2.75) is 25.7 Å². The summed E-state index contributed by atoms with van der Waals surface area (Å²) in [7, 11) is 4.64. The van der Waals surface area contributed by atoms with E-state index in [1.54, 1.807) is 14.2 Å². The molecule has 25 heavy (non-hydrogen) atoms. The molecule has 1 aromatic rings. The Hall–Kier alpha value is -2.37. The van der Waals surface area contributed by atoms with Gasteiger partial charge in [-0.3, -0.25) is 9.79 Å². The number of rotatable bonds is 4. The standard InChI is InChI=1S/C19H24N2O4/c1-23-16-9-11-6-7-21-18(13(11)10-17(16)24-2)12-4-5-15(20)14(8-12)19(22)25-3/h9-10,12,14,20H,4-8H2,1-3H3. The Bertz CT molecular complexity index is 718. The van der Waals surface area contributed by atoms with E-state index in [4.69, 9.17) is 24.6 Å². The Balaban J connectivity index is 1.93. The molecule has 1 fully saturated rings. The summed E-state index contributed by atoms with van der Waals surface area (Å²) in [5.74, 6) is 0.773. The van der Waals surface area contributed by atoms with Gasteiger partial charge in [-0.25, -0.2) is 0 Å². The summed E-state index contributed by atoms with van der Waals surface area (Å²) in [4.78, 5) is 16.8. The first-order valence-corrected chi connectivity index (χ1v) is 8.53. The Morgan fingerprint density at radius 2 is 1.88 bits per heavy atom. The molecule has 1 N–H and O–H groups in total. The first kappa shape index (κ1) is 17.5. The van der Waals surface area contributed by atoms with Crippen molar-refractivity contribution in [2.75, 3.05) is 27.9 Å². The second kappa shape index (κ2) is 7.25. The van der Waals surface area contributed by atoms with Gasteiger partial charge in [-0.15, -0.1) is 0 Å². The summed E-state index contributed by atoms with van der Waals surface area (Å²) >= 11 is 0. The summed E-state index contributed by atoms with van der Waals surface area (Å²) in [6, 6.07) is 4.00. The Morgan fingerprint density at radius 1 is 1.16 bits per heavy atom. The Labute approximate surface area is 147 Å². The SMILES string of the molecule is COC(=O)C1CC(C2=NCCc3cc(OC)c(OC)cc32)CCC1=N. The topological polar surface area (TPSA) is 81.0 Å². The van der Waals surface area contributed by atoms with Crippen LogP contribution in [0.15, 0.2) is 17.1 Å². The maximum Gasteiger partial charge on any atom is 0.314 e. The van der Waals surface area contributed by atoms with Gasteiger partial charge < -0.3 is 19.6 Å². The highest BCUT2D eigenvalue weighted by Crippen LogP contribution is 2.37. The first-order chi connectivity index (χ1) is 12.1. The fourth-order valence-electron chi connectivity index (χ4n) is 3.78. The number of nitrogens with one attached hydrogen (secondary N) is 1. The zero-order valence-corrected chi connectivity index (χ0v) is 14.9. The molecule has 0 bridgehead atoms. The van der Waals surface area contributed by atoms with Crippen LogP contribution in [0.1, 0.15) is 30.4 Å². The second-order valence-corrected chi connectivity index (χ2v) is 6.45. The van der Waals surface area contributed by atoms with Crippen molar-refractivity contribution in [1.82, 2.24) is 0 Å². The number of fused-ring (bicyclic) bond motifs is 1. The first-order valence-electron chi connectivity index (χ1n) is 8.53. The monoisotopic (exact) mass is 344 g/mol. The van der Waals surface area contributed by atoms with Gasteiger partial charge in [-0.2, -0.15) is 0 Å². The smallest absolute Gasteiger partial charge is 0.314 e. The predicted octanol–water partition coefficient (Wildman–Crippen LogP) is 2.66. The van der Waals surface area contributed by atoms with Crippen LogP contribution in [-0.4, -0.2) is 45.3 Å². The van der Waals surface area contributed by atoms with Gasteiger partial charge in [0.2, 0.25) is 0 Å². The van der Waals surface area contributed by atoms with E-state index in [9.17, 15) is 4.79 Å². The highest BCUT2D eigenvalue weighted by atomic mass is 16.5. The molecule has 6 heteroatoms. The van der Waals surface area contributed by atoms with Crippen LogP contribution in [0.2, 0.25) is 0 Å². The van der Waals surface area contributed by atoms with Gasteiger partial charge in [-0.05, 0) is 43.4 Å². The number of carbonyl (C=O) groups excluding carboxylic acids is 1. The molecule has 2 unspecified atom stereocenters. The van der Waals surface area contributed by atoms with Crippen LogP contribution < -0.4 is 9.47 Å². The summed E-state index contributed by atoms with van der Waals surface area (Å²) in [6.07, 6.45) is 2.88. The van der Waals surface area contributed by atoms with Crippen LogP contribution in [0.3, 0.4) is 0 Å². The van der Waals surface area contributed by atoms with Crippen LogP contribution >= 0.6 is 0 Å². The van der Waals surface area contributed by atoms with Gasteiger partial charge in [0.15, 0.2) is 11.5 Å². The van der Waals surface area contributed by atoms with E-state index in [0.29, 0.717) is 24.3 Å². The van der Waals surface area contributed by atoms with E-state index >= 15 is 0 Å². The fraction of sp³-hybridized carbons (Fsp3) is 0.526. The zero-order chi connectivity index (χ0) is 18.0. The minimum atomic E-state index is -0.461. The largest absolute Gasteiger partial charge is 0.493 e. The summed E-state index contributed by atoms with van der Waals surface area (Å²) < 4.78 is 15.7. The number of hydrogen-bond donors (Lipinski definition) is 1. The quantitative estimate of drug-likeness (QED) is 0.852. The number of nitrogens with zero attached hydrogens (tertiary/aromatic N) is 1. The molecule has 0 saturated heterocycles. The van der Waals surface area contributed by atoms with Gasteiger partial charge in [-0.1, -0.05) is 0 Å². The number of methoxy groups -OCH3 is 3.